The lowest BCUT2D eigenvalue weighted by Crippen LogP contribution is -1.98. The van der Waals surface area contributed by atoms with Crippen LogP contribution in [0.15, 0.2) is 48.7 Å². The Morgan fingerprint density at radius 3 is 2.58 bits per heavy atom. The second-order valence-electron chi connectivity index (χ2n) is 3.88. The third kappa shape index (κ3) is 2.30. The van der Waals surface area contributed by atoms with E-state index in [9.17, 15) is 0 Å². The van der Waals surface area contributed by atoms with E-state index in [-0.39, 0.29) is 0 Å². The number of hydrogen-bond acceptors (Lipinski definition) is 3. The predicted octanol–water partition coefficient (Wildman–Crippen LogP) is 3.65. The highest BCUT2D eigenvalue weighted by molar-refractivity contribution is 7.71. The molecule has 3 rings (SSSR count). The first-order valence-electron chi connectivity index (χ1n) is 5.60. The molecule has 0 fully saturated rings. The van der Waals surface area contributed by atoms with Crippen LogP contribution in [0.25, 0.3) is 17.2 Å². The van der Waals surface area contributed by atoms with Crippen molar-refractivity contribution in [2.45, 2.75) is 0 Å². The Bertz CT molecular complexity index is 746. The number of H-pyrrole nitrogens is 1. The molecule has 19 heavy (non-hydrogen) atoms. The van der Waals surface area contributed by atoms with E-state index in [0.717, 1.165) is 5.69 Å². The fraction of sp³-hybridized carbons (Fsp3) is 0. The van der Waals surface area contributed by atoms with Crippen molar-refractivity contribution in [1.29, 1.82) is 0 Å². The first kappa shape index (κ1) is 12.1. The molecule has 4 nitrogen and oxygen atoms in total. The van der Waals surface area contributed by atoms with E-state index in [4.69, 9.17) is 23.8 Å². The summed E-state index contributed by atoms with van der Waals surface area (Å²) in [4.78, 5) is 4.27. The van der Waals surface area contributed by atoms with Crippen LogP contribution in [-0.2, 0) is 0 Å². The predicted molar refractivity (Wildman–Crippen MR) is 77.0 cm³/mol. The number of hydrogen-bond donors (Lipinski definition) is 1. The molecule has 6 heteroatoms. The number of nitrogens with zero attached hydrogens (tertiary/aromatic N) is 3. The quantitative estimate of drug-likeness (QED) is 0.732. The largest absolute Gasteiger partial charge is 0.267 e. The average molecular weight is 289 g/mol. The van der Waals surface area contributed by atoms with Crippen LogP contribution in [0.1, 0.15) is 0 Å². The van der Waals surface area contributed by atoms with E-state index in [1.165, 1.54) is 0 Å². The molecule has 94 valence electrons. The average Bonchev–Trinajstić information content (AvgIpc) is 2.82. The van der Waals surface area contributed by atoms with Gasteiger partial charge in [0.15, 0.2) is 10.6 Å². The standard InChI is InChI=1S/C13H9ClN4S/c14-9-6-7-11(15-8-9)12-16-17-13(19)18(12)10-4-2-1-3-5-10/h1-8H,(H,17,19). The zero-order valence-corrected chi connectivity index (χ0v) is 11.3. The number of benzene rings is 1. The Labute approximate surface area is 119 Å². The SMILES string of the molecule is S=c1[nH]nc(-c2ccc(Cl)cn2)n1-c1ccccc1. The summed E-state index contributed by atoms with van der Waals surface area (Å²) in [5, 5.41) is 7.61. The van der Waals surface area contributed by atoms with Crippen molar-refractivity contribution < 1.29 is 0 Å². The third-order valence-electron chi connectivity index (χ3n) is 2.64. The Morgan fingerprint density at radius 1 is 1.11 bits per heavy atom. The molecule has 0 radical (unpaired) electrons. The van der Waals surface area contributed by atoms with Crippen LogP contribution in [0.3, 0.4) is 0 Å². The molecule has 0 aliphatic rings. The van der Waals surface area contributed by atoms with Crippen LogP contribution in [-0.4, -0.2) is 19.7 Å². The zero-order chi connectivity index (χ0) is 13.2. The Kier molecular flexibility index (Phi) is 3.15. The minimum absolute atomic E-state index is 0.526. The van der Waals surface area contributed by atoms with Crippen LogP contribution >= 0.6 is 23.8 Å². The van der Waals surface area contributed by atoms with Gasteiger partial charge in [-0.05, 0) is 36.5 Å². The summed E-state index contributed by atoms with van der Waals surface area (Å²) in [6, 6.07) is 13.4. The number of nitrogens with one attached hydrogen (secondary N) is 1. The van der Waals surface area contributed by atoms with Crippen molar-refractivity contribution >= 4 is 23.8 Å². The minimum atomic E-state index is 0.526. The van der Waals surface area contributed by atoms with Gasteiger partial charge in [0, 0.05) is 6.20 Å². The third-order valence-corrected chi connectivity index (χ3v) is 3.14. The first-order valence-corrected chi connectivity index (χ1v) is 6.39. The Balaban J connectivity index is 2.19. The summed E-state index contributed by atoms with van der Waals surface area (Å²) in [6.07, 6.45) is 1.59. The van der Waals surface area contributed by atoms with E-state index >= 15 is 0 Å². The molecule has 0 spiro atoms. The van der Waals surface area contributed by atoms with Crippen molar-refractivity contribution in [2.24, 2.45) is 0 Å². The van der Waals surface area contributed by atoms with Crippen LogP contribution in [0.5, 0.6) is 0 Å². The fourth-order valence-corrected chi connectivity index (χ4v) is 2.14. The molecule has 0 amide bonds. The minimum Gasteiger partial charge on any atom is -0.267 e. The van der Waals surface area contributed by atoms with Crippen molar-refractivity contribution in [2.75, 3.05) is 0 Å². The first-order chi connectivity index (χ1) is 9.25. The maximum Gasteiger partial charge on any atom is 0.200 e. The van der Waals surface area contributed by atoms with E-state index in [0.29, 0.717) is 21.3 Å². The lowest BCUT2D eigenvalue weighted by atomic mass is 10.3. The summed E-state index contributed by atoms with van der Waals surface area (Å²) in [5.74, 6) is 0.660. The number of para-hydroxylation sites is 1. The molecule has 1 aromatic carbocycles. The second kappa shape index (κ2) is 4.95. The van der Waals surface area contributed by atoms with Crippen LogP contribution in [0.4, 0.5) is 0 Å². The molecule has 3 aromatic rings. The molecule has 1 N–H and O–H groups in total. The molecule has 0 bridgehead atoms. The van der Waals surface area contributed by atoms with Gasteiger partial charge in [-0.3, -0.25) is 14.6 Å². The lowest BCUT2D eigenvalue weighted by Gasteiger charge is -2.05. The summed E-state index contributed by atoms with van der Waals surface area (Å²) < 4.78 is 2.36. The molecule has 0 unspecified atom stereocenters. The number of pyridine rings is 1. The lowest BCUT2D eigenvalue weighted by molar-refractivity contribution is 1.03. The highest BCUT2D eigenvalue weighted by Gasteiger charge is 2.11. The van der Waals surface area contributed by atoms with E-state index in [2.05, 4.69) is 15.2 Å². The van der Waals surface area contributed by atoms with Gasteiger partial charge in [0.25, 0.3) is 0 Å². The van der Waals surface area contributed by atoms with Gasteiger partial charge in [-0.15, -0.1) is 0 Å². The van der Waals surface area contributed by atoms with Crippen molar-refractivity contribution in [3.05, 3.63) is 58.5 Å². The van der Waals surface area contributed by atoms with Crippen molar-refractivity contribution in [3.8, 4) is 17.2 Å². The van der Waals surface area contributed by atoms with Gasteiger partial charge in [0.1, 0.15) is 5.69 Å². The molecule has 2 heterocycles. The highest BCUT2D eigenvalue weighted by atomic mass is 35.5. The van der Waals surface area contributed by atoms with Crippen molar-refractivity contribution in [1.82, 2.24) is 19.7 Å². The van der Waals surface area contributed by atoms with Crippen LogP contribution < -0.4 is 0 Å². The molecule has 2 aromatic heterocycles. The maximum absolute atomic E-state index is 5.84. The summed E-state index contributed by atoms with van der Waals surface area (Å²) >= 11 is 11.1. The summed E-state index contributed by atoms with van der Waals surface area (Å²) in [7, 11) is 0. The van der Waals surface area contributed by atoms with Crippen LogP contribution in [0, 0.1) is 4.77 Å². The smallest absolute Gasteiger partial charge is 0.200 e. The van der Waals surface area contributed by atoms with E-state index in [1.807, 2.05) is 41.0 Å². The van der Waals surface area contributed by atoms with Gasteiger partial charge in [-0.25, -0.2) is 0 Å². The van der Waals surface area contributed by atoms with Gasteiger partial charge in [0.2, 0.25) is 0 Å². The molecule has 0 aliphatic carbocycles. The molecule has 0 aliphatic heterocycles. The number of rotatable bonds is 2. The second-order valence-corrected chi connectivity index (χ2v) is 4.71. The molecule has 0 saturated heterocycles. The Hall–Kier alpha value is -1.98. The van der Waals surface area contributed by atoms with Gasteiger partial charge in [-0.1, -0.05) is 29.8 Å². The van der Waals surface area contributed by atoms with Crippen molar-refractivity contribution in [3.63, 3.8) is 0 Å². The van der Waals surface area contributed by atoms with Gasteiger partial charge in [-0.2, -0.15) is 5.10 Å². The summed E-state index contributed by atoms with van der Waals surface area (Å²) in [5.41, 5.74) is 1.65. The topological polar surface area (TPSA) is 46.5 Å². The van der Waals surface area contributed by atoms with Gasteiger partial charge in [0.05, 0.1) is 10.7 Å². The molecule has 0 saturated carbocycles. The van der Waals surface area contributed by atoms with E-state index < -0.39 is 0 Å². The highest BCUT2D eigenvalue weighted by Crippen LogP contribution is 2.20. The monoisotopic (exact) mass is 288 g/mol. The number of aromatic amines is 1. The number of halogens is 1. The molecular weight excluding hydrogens is 280 g/mol. The zero-order valence-electron chi connectivity index (χ0n) is 9.75. The van der Waals surface area contributed by atoms with Crippen LogP contribution in [0.2, 0.25) is 5.02 Å². The molecular formula is C13H9ClN4S. The van der Waals surface area contributed by atoms with Gasteiger partial charge < -0.3 is 0 Å². The van der Waals surface area contributed by atoms with E-state index in [1.54, 1.807) is 12.3 Å². The maximum atomic E-state index is 5.84. The number of aromatic nitrogens is 4. The van der Waals surface area contributed by atoms with Gasteiger partial charge >= 0.3 is 0 Å². The Morgan fingerprint density at radius 2 is 1.89 bits per heavy atom. The summed E-state index contributed by atoms with van der Waals surface area (Å²) in [6.45, 7) is 0. The molecule has 0 atom stereocenters. The fourth-order valence-electron chi connectivity index (χ4n) is 1.79. The normalized spacial score (nSPS) is 10.6.